The van der Waals surface area contributed by atoms with Gasteiger partial charge in [0.25, 0.3) is 0 Å². The van der Waals surface area contributed by atoms with Crippen LogP contribution >= 0.6 is 0 Å². The van der Waals surface area contributed by atoms with E-state index in [0.717, 1.165) is 43.6 Å². The molecule has 2 bridgehead atoms. The second kappa shape index (κ2) is 7.16. The monoisotopic (exact) mass is 356 g/mol. The molecule has 2 fully saturated rings. The minimum absolute atomic E-state index is 0.138. The van der Waals surface area contributed by atoms with Gasteiger partial charge in [-0.3, -0.25) is 4.90 Å². The van der Waals surface area contributed by atoms with E-state index in [4.69, 9.17) is 10.5 Å². The van der Waals surface area contributed by atoms with Crippen LogP contribution in [0, 0.1) is 11.3 Å². The summed E-state index contributed by atoms with van der Waals surface area (Å²) in [5, 5.41) is 9.56. The quantitative estimate of drug-likeness (QED) is 0.900. The Kier molecular flexibility index (Phi) is 5.10. The van der Waals surface area contributed by atoms with E-state index in [2.05, 4.69) is 11.0 Å². The van der Waals surface area contributed by atoms with Gasteiger partial charge >= 0.3 is 6.09 Å². The zero-order valence-electron chi connectivity index (χ0n) is 15.9. The molecule has 0 aliphatic carbocycles. The first kappa shape index (κ1) is 18.5. The Morgan fingerprint density at radius 3 is 2.50 bits per heavy atom. The number of hydrogen-bond donors (Lipinski definition) is 1. The summed E-state index contributed by atoms with van der Waals surface area (Å²) in [6.07, 6.45) is 2.51. The van der Waals surface area contributed by atoms with Crippen molar-refractivity contribution in [3.8, 4) is 6.07 Å². The second-order valence-corrected chi connectivity index (χ2v) is 8.18. The number of nitrogens with two attached hydrogens (primary N) is 1. The minimum atomic E-state index is -0.486. The van der Waals surface area contributed by atoms with Gasteiger partial charge in [0.2, 0.25) is 0 Å². The lowest BCUT2D eigenvalue weighted by Gasteiger charge is -2.42. The van der Waals surface area contributed by atoms with Crippen molar-refractivity contribution in [2.75, 3.05) is 24.5 Å². The van der Waals surface area contributed by atoms with Gasteiger partial charge in [-0.2, -0.15) is 5.26 Å². The normalized spacial score (nSPS) is 22.3. The molecular weight excluding hydrogens is 328 g/mol. The molecule has 2 aliphatic rings. The number of ether oxygens (including phenoxy) is 1. The Labute approximate surface area is 155 Å². The van der Waals surface area contributed by atoms with Crippen LogP contribution in [0.2, 0.25) is 0 Å². The zero-order valence-corrected chi connectivity index (χ0v) is 15.9. The highest BCUT2D eigenvalue weighted by molar-refractivity contribution is 5.71. The maximum atomic E-state index is 12.6. The van der Waals surface area contributed by atoms with E-state index < -0.39 is 5.60 Å². The van der Waals surface area contributed by atoms with E-state index in [1.54, 1.807) is 0 Å². The topological polar surface area (TPSA) is 82.6 Å². The number of benzene rings is 1. The molecular formula is C20H28N4O2. The molecule has 2 heterocycles. The molecule has 1 aromatic rings. The predicted octanol–water partition coefficient (Wildman–Crippen LogP) is 2.65. The Morgan fingerprint density at radius 1 is 1.31 bits per heavy atom. The SMILES string of the molecule is CC(C)(C)OC(=O)N1C2CCC1CN(c1ccc(CCN)cc1C#N)C2. The number of piperazine rings is 1. The van der Waals surface area contributed by atoms with Gasteiger partial charge in [0, 0.05) is 13.1 Å². The Bertz CT molecular complexity index is 706. The number of carbonyl (C=O) groups excluding carboxylic acids is 1. The Balaban J connectivity index is 1.77. The van der Waals surface area contributed by atoms with Crippen molar-refractivity contribution in [1.29, 1.82) is 5.26 Å². The molecule has 1 amide bonds. The van der Waals surface area contributed by atoms with Crippen molar-refractivity contribution >= 4 is 11.8 Å². The summed E-state index contributed by atoms with van der Waals surface area (Å²) < 4.78 is 5.59. The average molecular weight is 356 g/mol. The van der Waals surface area contributed by atoms with Gasteiger partial charge < -0.3 is 15.4 Å². The smallest absolute Gasteiger partial charge is 0.410 e. The van der Waals surface area contributed by atoms with Crippen LogP contribution in [-0.4, -0.2) is 48.3 Å². The molecule has 2 N–H and O–H groups in total. The number of carbonyl (C=O) groups is 1. The first-order valence-corrected chi connectivity index (χ1v) is 9.31. The number of nitrogens with zero attached hydrogens (tertiary/aromatic N) is 3. The number of anilines is 1. The molecule has 6 heteroatoms. The van der Waals surface area contributed by atoms with Gasteiger partial charge in [0.1, 0.15) is 11.7 Å². The number of hydrogen-bond acceptors (Lipinski definition) is 5. The van der Waals surface area contributed by atoms with Gasteiger partial charge in [-0.05, 0) is 64.3 Å². The molecule has 2 atom stereocenters. The summed E-state index contributed by atoms with van der Waals surface area (Å²) in [7, 11) is 0. The highest BCUT2D eigenvalue weighted by atomic mass is 16.6. The molecule has 0 aromatic heterocycles. The molecule has 140 valence electrons. The van der Waals surface area contributed by atoms with Gasteiger partial charge in [0.15, 0.2) is 0 Å². The van der Waals surface area contributed by atoms with Crippen molar-refractivity contribution in [2.24, 2.45) is 5.73 Å². The molecule has 0 radical (unpaired) electrons. The largest absolute Gasteiger partial charge is 0.444 e. The van der Waals surface area contributed by atoms with Crippen molar-refractivity contribution in [3.63, 3.8) is 0 Å². The van der Waals surface area contributed by atoms with E-state index in [1.165, 1.54) is 0 Å². The fourth-order valence-corrected chi connectivity index (χ4v) is 3.98. The van der Waals surface area contributed by atoms with E-state index >= 15 is 0 Å². The zero-order chi connectivity index (χ0) is 18.9. The number of rotatable bonds is 3. The van der Waals surface area contributed by atoms with E-state index in [0.29, 0.717) is 12.1 Å². The third kappa shape index (κ3) is 3.78. The van der Waals surface area contributed by atoms with Crippen LogP contribution in [0.3, 0.4) is 0 Å². The van der Waals surface area contributed by atoms with E-state index in [1.807, 2.05) is 43.9 Å². The Morgan fingerprint density at radius 2 is 1.96 bits per heavy atom. The van der Waals surface area contributed by atoms with Crippen LogP contribution in [0.5, 0.6) is 0 Å². The van der Waals surface area contributed by atoms with Crippen LogP contribution in [0.4, 0.5) is 10.5 Å². The van der Waals surface area contributed by atoms with Crippen LogP contribution in [0.25, 0.3) is 0 Å². The highest BCUT2D eigenvalue weighted by Gasteiger charge is 2.44. The number of nitriles is 1. The lowest BCUT2D eigenvalue weighted by Crippen LogP contribution is -2.57. The fourth-order valence-electron chi connectivity index (χ4n) is 3.98. The van der Waals surface area contributed by atoms with Gasteiger partial charge in [-0.1, -0.05) is 6.07 Å². The van der Waals surface area contributed by atoms with E-state index in [9.17, 15) is 10.1 Å². The van der Waals surface area contributed by atoms with Gasteiger partial charge in [-0.25, -0.2) is 4.79 Å². The molecule has 3 rings (SSSR count). The second-order valence-electron chi connectivity index (χ2n) is 8.18. The summed E-state index contributed by atoms with van der Waals surface area (Å²) in [6, 6.07) is 8.60. The highest BCUT2D eigenvalue weighted by Crippen LogP contribution is 2.35. The van der Waals surface area contributed by atoms with Crippen molar-refractivity contribution in [1.82, 2.24) is 4.90 Å². The average Bonchev–Trinajstić information content (AvgIpc) is 2.84. The summed E-state index contributed by atoms with van der Waals surface area (Å²) in [5.74, 6) is 0. The lowest BCUT2D eigenvalue weighted by atomic mass is 10.0. The molecule has 2 unspecified atom stereocenters. The molecule has 0 spiro atoms. The summed E-state index contributed by atoms with van der Waals surface area (Å²) in [4.78, 5) is 16.7. The summed E-state index contributed by atoms with van der Waals surface area (Å²) >= 11 is 0. The molecule has 26 heavy (non-hydrogen) atoms. The molecule has 2 aliphatic heterocycles. The minimum Gasteiger partial charge on any atom is -0.444 e. The summed E-state index contributed by atoms with van der Waals surface area (Å²) in [6.45, 7) is 7.73. The van der Waals surface area contributed by atoms with Crippen molar-refractivity contribution in [3.05, 3.63) is 29.3 Å². The number of fused-ring (bicyclic) bond motifs is 2. The Hall–Kier alpha value is -2.26. The number of amides is 1. The maximum Gasteiger partial charge on any atom is 0.410 e. The standard InChI is InChI=1S/C20H28N4O2/c1-20(2,3)26-19(25)24-16-5-6-17(24)13-23(12-16)18-7-4-14(8-9-21)10-15(18)11-22/h4,7,10,16-17H,5-6,8-9,12-13,21H2,1-3H3. The molecule has 2 saturated heterocycles. The molecule has 1 aromatic carbocycles. The van der Waals surface area contributed by atoms with Gasteiger partial charge in [-0.15, -0.1) is 0 Å². The maximum absolute atomic E-state index is 12.6. The lowest BCUT2D eigenvalue weighted by molar-refractivity contribution is 0.0123. The third-order valence-corrected chi connectivity index (χ3v) is 5.04. The molecule has 6 nitrogen and oxygen atoms in total. The van der Waals surface area contributed by atoms with Crippen LogP contribution in [-0.2, 0) is 11.2 Å². The van der Waals surface area contributed by atoms with Gasteiger partial charge in [0.05, 0.1) is 23.3 Å². The first-order chi connectivity index (χ1) is 12.3. The predicted molar refractivity (Wildman–Crippen MR) is 101 cm³/mol. The third-order valence-electron chi connectivity index (χ3n) is 5.04. The van der Waals surface area contributed by atoms with E-state index in [-0.39, 0.29) is 18.2 Å². The summed E-state index contributed by atoms with van der Waals surface area (Å²) in [5.41, 5.74) is 7.86. The first-order valence-electron chi connectivity index (χ1n) is 9.31. The van der Waals surface area contributed by atoms with Crippen LogP contribution < -0.4 is 10.6 Å². The van der Waals surface area contributed by atoms with Crippen LogP contribution in [0.15, 0.2) is 18.2 Å². The fraction of sp³-hybridized carbons (Fsp3) is 0.600. The van der Waals surface area contributed by atoms with Crippen LogP contribution in [0.1, 0.15) is 44.7 Å². The molecule has 0 saturated carbocycles. The van der Waals surface area contributed by atoms with Crippen molar-refractivity contribution in [2.45, 2.75) is 57.7 Å². The van der Waals surface area contributed by atoms with Crippen molar-refractivity contribution < 1.29 is 9.53 Å².